The summed E-state index contributed by atoms with van der Waals surface area (Å²) in [7, 11) is 0. The zero-order valence-corrected chi connectivity index (χ0v) is 8.71. The van der Waals surface area contributed by atoms with Gasteiger partial charge in [0, 0.05) is 0 Å². The van der Waals surface area contributed by atoms with Gasteiger partial charge in [-0.3, -0.25) is 4.52 Å². The van der Waals surface area contributed by atoms with Crippen LogP contribution in [0.25, 0.3) is 0 Å². The van der Waals surface area contributed by atoms with Gasteiger partial charge in [0.1, 0.15) is 0 Å². The summed E-state index contributed by atoms with van der Waals surface area (Å²) in [4.78, 5) is 10.6. The van der Waals surface area contributed by atoms with Crippen LogP contribution in [0, 0.1) is 0 Å². The molecule has 0 aliphatic rings. The number of nitrogens with zero attached hydrogens (tertiary/aromatic N) is 1. The lowest BCUT2D eigenvalue weighted by atomic mass is 9.93. The molecule has 0 aliphatic carbocycles. The van der Waals surface area contributed by atoms with E-state index in [4.69, 9.17) is 0 Å². The van der Waals surface area contributed by atoms with E-state index < -0.39 is 11.4 Å². The maximum absolute atomic E-state index is 10.6. The number of aliphatic hydroxyl groups is 1. The molecular formula is C11H11NO4. The van der Waals surface area contributed by atoms with E-state index in [0.29, 0.717) is 0 Å². The molecule has 5 nitrogen and oxygen atoms in total. The Balaban J connectivity index is 2.23. The van der Waals surface area contributed by atoms with Gasteiger partial charge in [-0.25, -0.2) is 4.79 Å². The van der Waals surface area contributed by atoms with E-state index >= 15 is 0 Å². The molecule has 1 aromatic carbocycles. The lowest BCUT2D eigenvalue weighted by molar-refractivity contribution is 0.0502. The van der Waals surface area contributed by atoms with Crippen molar-refractivity contribution in [2.24, 2.45) is 0 Å². The van der Waals surface area contributed by atoms with Gasteiger partial charge in [-0.2, -0.15) is 0 Å². The number of benzene rings is 1. The quantitative estimate of drug-likeness (QED) is 0.839. The third-order valence-electron chi connectivity index (χ3n) is 2.31. The predicted molar refractivity (Wildman–Crippen MR) is 54.8 cm³/mol. The lowest BCUT2D eigenvalue weighted by Gasteiger charge is -2.21. The zero-order valence-electron chi connectivity index (χ0n) is 8.71. The fraction of sp³-hybridized carbons (Fsp3) is 0.273. The van der Waals surface area contributed by atoms with Crippen molar-refractivity contribution in [1.82, 2.24) is 5.16 Å². The molecule has 2 aromatic rings. The lowest BCUT2D eigenvalue weighted by Crippen LogP contribution is -2.24. The van der Waals surface area contributed by atoms with Gasteiger partial charge >= 0.3 is 5.82 Å². The minimum absolute atomic E-state index is 0.0823. The summed E-state index contributed by atoms with van der Waals surface area (Å²) in [5.41, 5.74) is -0.422. The average molecular weight is 221 g/mol. The first-order valence-corrected chi connectivity index (χ1v) is 4.81. The highest BCUT2D eigenvalue weighted by atomic mass is 16.6. The molecule has 1 unspecified atom stereocenters. The second kappa shape index (κ2) is 3.94. The molecule has 0 aliphatic heterocycles. The van der Waals surface area contributed by atoms with Crippen LogP contribution in [0.2, 0.25) is 0 Å². The molecule has 1 heterocycles. The first-order chi connectivity index (χ1) is 7.58. The van der Waals surface area contributed by atoms with Crippen molar-refractivity contribution < 1.29 is 14.0 Å². The molecule has 16 heavy (non-hydrogen) atoms. The molecule has 84 valence electrons. The van der Waals surface area contributed by atoms with E-state index in [-0.39, 0.29) is 12.3 Å². The molecule has 1 N–H and O–H groups in total. The summed E-state index contributed by atoms with van der Waals surface area (Å²) in [6.07, 6.45) is 0.0861. The van der Waals surface area contributed by atoms with Crippen LogP contribution in [0.15, 0.2) is 44.1 Å². The van der Waals surface area contributed by atoms with Gasteiger partial charge in [0.2, 0.25) is 5.89 Å². The Morgan fingerprint density at radius 3 is 2.62 bits per heavy atom. The Hall–Kier alpha value is -1.88. The van der Waals surface area contributed by atoms with Crippen LogP contribution in [0.4, 0.5) is 0 Å². The summed E-state index contributed by atoms with van der Waals surface area (Å²) >= 11 is 0. The summed E-state index contributed by atoms with van der Waals surface area (Å²) < 4.78 is 8.91. The Labute approximate surface area is 91.3 Å². The molecular weight excluding hydrogens is 210 g/mol. The molecule has 5 heteroatoms. The minimum atomic E-state index is -1.14. The fourth-order valence-corrected chi connectivity index (χ4v) is 1.48. The van der Waals surface area contributed by atoms with Gasteiger partial charge in [-0.1, -0.05) is 30.3 Å². The van der Waals surface area contributed by atoms with E-state index in [2.05, 4.69) is 14.1 Å². The van der Waals surface area contributed by atoms with E-state index in [1.54, 1.807) is 19.1 Å². The summed E-state index contributed by atoms with van der Waals surface area (Å²) in [5.74, 6) is -0.780. The predicted octanol–water partition coefficient (Wildman–Crippen LogP) is 1.08. The largest absolute Gasteiger partial charge is 0.542 e. The Bertz CT molecular complexity index is 512. The molecule has 0 fully saturated rings. The Morgan fingerprint density at radius 2 is 2.06 bits per heavy atom. The van der Waals surface area contributed by atoms with Crippen molar-refractivity contribution >= 4 is 0 Å². The van der Waals surface area contributed by atoms with E-state index in [1.165, 1.54) is 0 Å². The molecule has 0 bridgehead atoms. The van der Waals surface area contributed by atoms with Gasteiger partial charge in [0.15, 0.2) is 0 Å². The number of rotatable bonds is 3. The van der Waals surface area contributed by atoms with Crippen molar-refractivity contribution in [3.63, 3.8) is 0 Å². The maximum atomic E-state index is 10.6. The van der Waals surface area contributed by atoms with Crippen LogP contribution < -0.4 is 5.82 Å². The van der Waals surface area contributed by atoms with E-state index in [1.807, 2.05) is 18.2 Å². The highest BCUT2D eigenvalue weighted by molar-refractivity contribution is 5.22. The van der Waals surface area contributed by atoms with E-state index in [0.717, 1.165) is 5.56 Å². The maximum Gasteiger partial charge on any atom is 0.542 e. The number of aromatic nitrogens is 1. The molecule has 0 radical (unpaired) electrons. The molecule has 0 saturated heterocycles. The molecule has 0 spiro atoms. The van der Waals surface area contributed by atoms with Gasteiger partial charge < -0.3 is 9.52 Å². The van der Waals surface area contributed by atoms with Crippen molar-refractivity contribution in [3.05, 3.63) is 52.4 Å². The number of hydrogen-bond donors (Lipinski definition) is 1. The van der Waals surface area contributed by atoms with E-state index in [9.17, 15) is 9.90 Å². The van der Waals surface area contributed by atoms with Crippen molar-refractivity contribution in [1.29, 1.82) is 0 Å². The first-order valence-electron chi connectivity index (χ1n) is 4.81. The normalized spacial score (nSPS) is 14.6. The topological polar surface area (TPSA) is 76.5 Å². The summed E-state index contributed by atoms with van der Waals surface area (Å²) in [6, 6.07) is 9.08. The van der Waals surface area contributed by atoms with Crippen LogP contribution in [0.5, 0.6) is 0 Å². The summed E-state index contributed by atoms with van der Waals surface area (Å²) in [5, 5.41) is 13.6. The first kappa shape index (κ1) is 10.6. The third-order valence-corrected chi connectivity index (χ3v) is 2.31. The fourth-order valence-electron chi connectivity index (χ4n) is 1.48. The van der Waals surface area contributed by atoms with Gasteiger partial charge in [0.05, 0.1) is 12.0 Å². The second-order valence-electron chi connectivity index (χ2n) is 3.75. The zero-order chi connectivity index (χ0) is 11.6. The highest BCUT2D eigenvalue weighted by Gasteiger charge is 2.26. The smallest absolute Gasteiger partial charge is 0.385 e. The second-order valence-corrected chi connectivity index (χ2v) is 3.75. The van der Waals surface area contributed by atoms with Crippen molar-refractivity contribution in [2.45, 2.75) is 18.9 Å². The van der Waals surface area contributed by atoms with Crippen LogP contribution in [0.3, 0.4) is 0 Å². The highest BCUT2D eigenvalue weighted by Crippen LogP contribution is 2.23. The van der Waals surface area contributed by atoms with Crippen molar-refractivity contribution in [2.75, 3.05) is 0 Å². The van der Waals surface area contributed by atoms with Gasteiger partial charge in [-0.15, -0.1) is 0 Å². The SMILES string of the molecule is CC(O)(Cc1noc(=O)o1)c1ccccc1. The molecule has 0 saturated carbocycles. The van der Waals surface area contributed by atoms with Gasteiger partial charge in [-0.05, 0) is 17.6 Å². The average Bonchev–Trinajstić information content (AvgIpc) is 2.64. The minimum Gasteiger partial charge on any atom is -0.385 e. The van der Waals surface area contributed by atoms with Crippen LogP contribution >= 0.6 is 0 Å². The Morgan fingerprint density at radius 1 is 1.38 bits per heavy atom. The van der Waals surface area contributed by atoms with Crippen LogP contribution in [-0.2, 0) is 12.0 Å². The standard InChI is InChI=1S/C11H11NO4/c1-11(14,8-5-3-2-4-6-8)7-9-12-16-10(13)15-9/h2-6,14H,7H2,1H3. The Kier molecular flexibility index (Phi) is 2.62. The number of hydrogen-bond acceptors (Lipinski definition) is 5. The van der Waals surface area contributed by atoms with Crippen LogP contribution in [-0.4, -0.2) is 10.3 Å². The molecule has 1 atom stereocenters. The third kappa shape index (κ3) is 2.20. The van der Waals surface area contributed by atoms with Crippen molar-refractivity contribution in [3.8, 4) is 0 Å². The molecule has 0 amide bonds. The monoisotopic (exact) mass is 221 g/mol. The van der Waals surface area contributed by atoms with Crippen LogP contribution in [0.1, 0.15) is 18.4 Å². The molecule has 2 rings (SSSR count). The van der Waals surface area contributed by atoms with Gasteiger partial charge in [0.25, 0.3) is 0 Å². The summed E-state index contributed by atoms with van der Waals surface area (Å²) in [6.45, 7) is 1.62. The molecule has 1 aromatic heterocycles.